The molecule has 0 amide bonds. The van der Waals surface area contributed by atoms with Crippen molar-refractivity contribution in [1.29, 1.82) is 0 Å². The summed E-state index contributed by atoms with van der Waals surface area (Å²) in [6.07, 6.45) is 7.32. The highest BCUT2D eigenvalue weighted by Crippen LogP contribution is 2.38. The van der Waals surface area contributed by atoms with Gasteiger partial charge in [-0.1, -0.05) is 51.0 Å². The van der Waals surface area contributed by atoms with Gasteiger partial charge in [0.15, 0.2) is 17.9 Å². The molecule has 0 bridgehead atoms. The maximum absolute atomic E-state index is 14.6. The van der Waals surface area contributed by atoms with Crippen molar-refractivity contribution in [2.75, 3.05) is 19.8 Å². The minimum Gasteiger partial charge on any atom is -0.490 e. The molecule has 1 saturated carbocycles. The smallest absolute Gasteiger partial charge is 0.201 e. The third-order valence-electron chi connectivity index (χ3n) is 7.29. The lowest BCUT2D eigenvalue weighted by Gasteiger charge is -2.31. The molecule has 0 radical (unpaired) electrons. The molecule has 1 saturated heterocycles. The molecule has 1 aliphatic carbocycles. The van der Waals surface area contributed by atoms with Gasteiger partial charge in [0.25, 0.3) is 0 Å². The van der Waals surface area contributed by atoms with Gasteiger partial charge in [0.2, 0.25) is 5.82 Å². The van der Waals surface area contributed by atoms with Crippen molar-refractivity contribution in [1.82, 2.24) is 0 Å². The first-order valence-electron chi connectivity index (χ1n) is 12.5. The molecule has 0 aromatic heterocycles. The number of rotatable bonds is 8. The van der Waals surface area contributed by atoms with E-state index in [2.05, 4.69) is 31.2 Å². The van der Waals surface area contributed by atoms with E-state index in [0.717, 1.165) is 24.3 Å². The molecular formula is C28H36F2O3. The number of hydrogen-bond donors (Lipinski definition) is 0. The fraction of sp³-hybridized carbons (Fsp3) is 0.571. The summed E-state index contributed by atoms with van der Waals surface area (Å²) in [7, 11) is 0. The monoisotopic (exact) mass is 458 g/mol. The molecule has 0 spiro atoms. The molecule has 4 rings (SSSR count). The van der Waals surface area contributed by atoms with Crippen molar-refractivity contribution in [3.8, 4) is 5.75 Å². The van der Waals surface area contributed by atoms with E-state index < -0.39 is 17.9 Å². The molecule has 2 aromatic rings. The average molecular weight is 459 g/mol. The predicted molar refractivity (Wildman–Crippen MR) is 126 cm³/mol. The highest BCUT2D eigenvalue weighted by molar-refractivity contribution is 5.32. The summed E-state index contributed by atoms with van der Waals surface area (Å²) in [5.74, 6) is -0.376. The lowest BCUT2D eigenvalue weighted by Crippen LogP contribution is -2.26. The Bertz CT molecular complexity index is 883. The minimum absolute atomic E-state index is 0.0679. The van der Waals surface area contributed by atoms with Gasteiger partial charge in [-0.25, -0.2) is 4.39 Å². The molecule has 1 heterocycles. The summed E-state index contributed by atoms with van der Waals surface area (Å²) >= 11 is 0. The Morgan fingerprint density at radius 3 is 2.06 bits per heavy atom. The summed E-state index contributed by atoms with van der Waals surface area (Å²) in [5.41, 5.74) is 2.65. The second kappa shape index (κ2) is 11.4. The van der Waals surface area contributed by atoms with Crippen molar-refractivity contribution in [3.63, 3.8) is 0 Å². The van der Waals surface area contributed by atoms with Gasteiger partial charge in [-0.15, -0.1) is 0 Å². The Hall–Kier alpha value is -1.98. The van der Waals surface area contributed by atoms with E-state index in [-0.39, 0.29) is 17.2 Å². The van der Waals surface area contributed by atoms with Crippen LogP contribution in [0.1, 0.15) is 93.6 Å². The zero-order chi connectivity index (χ0) is 23.2. The Labute approximate surface area is 196 Å². The maximum atomic E-state index is 14.6. The molecule has 2 aliphatic rings. The Morgan fingerprint density at radius 2 is 1.45 bits per heavy atom. The summed E-state index contributed by atoms with van der Waals surface area (Å²) in [6, 6.07) is 11.8. The normalized spacial score (nSPS) is 25.7. The van der Waals surface area contributed by atoms with Gasteiger partial charge in [0.05, 0.1) is 19.8 Å². The molecule has 1 aliphatic heterocycles. The number of unbranched alkanes of at least 4 members (excludes halogenated alkanes) is 1. The van der Waals surface area contributed by atoms with E-state index in [4.69, 9.17) is 14.2 Å². The van der Waals surface area contributed by atoms with E-state index in [0.29, 0.717) is 25.7 Å². The average Bonchev–Trinajstić information content (AvgIpc) is 2.87. The summed E-state index contributed by atoms with van der Waals surface area (Å²) in [4.78, 5) is 0. The van der Waals surface area contributed by atoms with Crippen molar-refractivity contribution < 1.29 is 23.0 Å². The molecule has 2 fully saturated rings. The third-order valence-corrected chi connectivity index (χ3v) is 7.29. The molecule has 0 unspecified atom stereocenters. The first-order valence-corrected chi connectivity index (χ1v) is 12.5. The maximum Gasteiger partial charge on any atom is 0.201 e. The van der Waals surface area contributed by atoms with Crippen LogP contribution >= 0.6 is 0 Å². The zero-order valence-corrected chi connectivity index (χ0v) is 19.8. The van der Waals surface area contributed by atoms with Crippen LogP contribution in [0.25, 0.3) is 0 Å². The highest BCUT2D eigenvalue weighted by atomic mass is 19.2. The minimum atomic E-state index is -0.985. The SMILES string of the molecule is CCCCOc1ccc(C2OCC(c3ccc(C4CCC(CC)CC4)cc3)CO2)c(F)c1F. The summed E-state index contributed by atoms with van der Waals surface area (Å²) in [5, 5.41) is 0. The Morgan fingerprint density at radius 1 is 0.818 bits per heavy atom. The zero-order valence-electron chi connectivity index (χ0n) is 19.8. The van der Waals surface area contributed by atoms with Crippen LogP contribution < -0.4 is 4.74 Å². The van der Waals surface area contributed by atoms with E-state index in [1.165, 1.54) is 49.8 Å². The van der Waals surface area contributed by atoms with Gasteiger partial charge >= 0.3 is 0 Å². The number of benzene rings is 2. The topological polar surface area (TPSA) is 27.7 Å². The highest BCUT2D eigenvalue weighted by Gasteiger charge is 2.29. The van der Waals surface area contributed by atoms with Crippen molar-refractivity contribution >= 4 is 0 Å². The second-order valence-electron chi connectivity index (χ2n) is 9.47. The quantitative estimate of drug-likeness (QED) is 0.380. The van der Waals surface area contributed by atoms with Crippen molar-refractivity contribution in [2.24, 2.45) is 5.92 Å². The number of hydrogen-bond acceptors (Lipinski definition) is 3. The summed E-state index contributed by atoms with van der Waals surface area (Å²) in [6.45, 7) is 5.48. The lowest BCUT2D eigenvalue weighted by atomic mass is 9.77. The molecule has 180 valence electrons. The van der Waals surface area contributed by atoms with E-state index >= 15 is 0 Å². The van der Waals surface area contributed by atoms with Crippen LogP contribution in [0.3, 0.4) is 0 Å². The molecule has 2 aromatic carbocycles. The standard InChI is InChI=1S/C28H36F2O3/c1-3-5-16-31-25-15-14-24(26(29)27(25)30)28-32-17-23(18-33-28)22-12-10-21(11-13-22)20-8-6-19(4-2)7-9-20/h10-15,19-20,23,28H,3-9,16-18H2,1-2H3. The molecule has 33 heavy (non-hydrogen) atoms. The molecule has 0 N–H and O–H groups in total. The van der Waals surface area contributed by atoms with Crippen LogP contribution in [0.5, 0.6) is 5.75 Å². The van der Waals surface area contributed by atoms with Gasteiger partial charge < -0.3 is 14.2 Å². The lowest BCUT2D eigenvalue weighted by molar-refractivity contribution is -0.193. The number of halogens is 2. The van der Waals surface area contributed by atoms with E-state index in [1.54, 1.807) is 0 Å². The Kier molecular flexibility index (Phi) is 8.37. The predicted octanol–water partition coefficient (Wildman–Crippen LogP) is 7.66. The van der Waals surface area contributed by atoms with Gasteiger partial charge in [-0.2, -0.15) is 4.39 Å². The van der Waals surface area contributed by atoms with Gasteiger partial charge in [0, 0.05) is 11.5 Å². The van der Waals surface area contributed by atoms with Gasteiger partial charge in [0.1, 0.15) is 0 Å². The molecule has 3 nitrogen and oxygen atoms in total. The first kappa shape index (κ1) is 24.2. The van der Waals surface area contributed by atoms with Crippen LogP contribution in [-0.4, -0.2) is 19.8 Å². The first-order chi connectivity index (χ1) is 16.1. The van der Waals surface area contributed by atoms with Crippen LogP contribution in [0.15, 0.2) is 36.4 Å². The van der Waals surface area contributed by atoms with Gasteiger partial charge in [-0.05, 0) is 67.2 Å². The number of ether oxygens (including phenoxy) is 3. The third kappa shape index (κ3) is 5.75. The van der Waals surface area contributed by atoms with Gasteiger partial charge in [-0.3, -0.25) is 0 Å². The van der Waals surface area contributed by atoms with Crippen LogP contribution in [0.2, 0.25) is 0 Å². The van der Waals surface area contributed by atoms with Crippen molar-refractivity contribution in [3.05, 3.63) is 64.7 Å². The van der Waals surface area contributed by atoms with Crippen molar-refractivity contribution in [2.45, 2.75) is 76.9 Å². The van der Waals surface area contributed by atoms with Crippen LogP contribution in [-0.2, 0) is 9.47 Å². The van der Waals surface area contributed by atoms with Crippen LogP contribution in [0, 0.1) is 17.6 Å². The van der Waals surface area contributed by atoms with Crippen LogP contribution in [0.4, 0.5) is 8.78 Å². The fourth-order valence-electron chi connectivity index (χ4n) is 4.99. The van der Waals surface area contributed by atoms with E-state index in [9.17, 15) is 8.78 Å². The molecular weight excluding hydrogens is 422 g/mol. The Balaban J connectivity index is 1.33. The molecule has 0 atom stereocenters. The molecule has 5 heteroatoms. The summed E-state index contributed by atoms with van der Waals surface area (Å²) < 4.78 is 46.0. The largest absolute Gasteiger partial charge is 0.490 e. The fourth-order valence-corrected chi connectivity index (χ4v) is 4.99. The second-order valence-corrected chi connectivity index (χ2v) is 9.47. The van der Waals surface area contributed by atoms with E-state index in [1.807, 2.05) is 6.92 Å².